The number of allylic oxidation sites excluding steroid dienone is 2. The van der Waals surface area contributed by atoms with Crippen LogP contribution in [-0.2, 0) is 14.4 Å². The number of hydrogen-bond donors (Lipinski definition) is 0. The van der Waals surface area contributed by atoms with Crippen LogP contribution in [0.3, 0.4) is 0 Å². The van der Waals surface area contributed by atoms with Crippen molar-refractivity contribution in [3.8, 4) is 5.75 Å². The van der Waals surface area contributed by atoms with Gasteiger partial charge in [0.25, 0.3) is 0 Å². The number of oxime groups is 1. The predicted octanol–water partition coefficient (Wildman–Crippen LogP) is 3.44. The molecule has 1 rings (SSSR count). The average molecular weight is 317 g/mol. The van der Waals surface area contributed by atoms with Gasteiger partial charge < -0.3 is 14.3 Å². The van der Waals surface area contributed by atoms with Crippen molar-refractivity contribution >= 4 is 11.7 Å². The molecule has 0 amide bonds. The lowest BCUT2D eigenvalue weighted by Crippen LogP contribution is -2.21. The quantitative estimate of drug-likeness (QED) is 0.334. The van der Waals surface area contributed by atoms with Gasteiger partial charge in [0.15, 0.2) is 5.71 Å². The minimum absolute atomic E-state index is 0.110. The fourth-order valence-electron chi connectivity index (χ4n) is 2.05. The smallest absolute Gasteiger partial charge is 0.360 e. The van der Waals surface area contributed by atoms with Crippen LogP contribution >= 0.6 is 0 Å². The second-order valence-electron chi connectivity index (χ2n) is 4.68. The van der Waals surface area contributed by atoms with E-state index in [0.717, 1.165) is 16.9 Å². The second kappa shape index (κ2) is 9.46. The molecule has 5 heteroatoms. The minimum Gasteiger partial charge on any atom is -0.489 e. The van der Waals surface area contributed by atoms with E-state index in [1.165, 1.54) is 14.2 Å². The Morgan fingerprint density at radius 3 is 2.39 bits per heavy atom. The van der Waals surface area contributed by atoms with Crippen LogP contribution in [0.2, 0.25) is 0 Å². The molecule has 0 aliphatic carbocycles. The van der Waals surface area contributed by atoms with E-state index in [4.69, 9.17) is 14.3 Å². The first-order chi connectivity index (χ1) is 11.1. The van der Waals surface area contributed by atoms with Crippen LogP contribution in [0.4, 0.5) is 0 Å². The summed E-state index contributed by atoms with van der Waals surface area (Å²) >= 11 is 0. The molecular formula is C18H23NO4. The van der Waals surface area contributed by atoms with Gasteiger partial charge in [0, 0.05) is 5.57 Å². The molecule has 0 bridgehead atoms. The van der Waals surface area contributed by atoms with Crippen molar-refractivity contribution in [2.75, 3.05) is 20.8 Å². The van der Waals surface area contributed by atoms with Gasteiger partial charge in [-0.25, -0.2) is 4.79 Å². The SMILES string of the molecule is C\C=C(COc1ccccc1C)/C(=C\C)C(=N/OC)/C(=O)OC. The van der Waals surface area contributed by atoms with Crippen LogP contribution < -0.4 is 4.74 Å². The van der Waals surface area contributed by atoms with E-state index in [0.29, 0.717) is 12.2 Å². The highest BCUT2D eigenvalue weighted by molar-refractivity contribution is 6.44. The second-order valence-corrected chi connectivity index (χ2v) is 4.68. The lowest BCUT2D eigenvalue weighted by atomic mass is 10.0. The zero-order valence-electron chi connectivity index (χ0n) is 14.3. The third kappa shape index (κ3) is 4.98. The van der Waals surface area contributed by atoms with E-state index >= 15 is 0 Å². The van der Waals surface area contributed by atoms with Gasteiger partial charge in [-0.3, -0.25) is 0 Å². The largest absolute Gasteiger partial charge is 0.489 e. The molecule has 0 N–H and O–H groups in total. The van der Waals surface area contributed by atoms with E-state index in [2.05, 4.69) is 5.16 Å². The Hall–Kier alpha value is -2.56. The predicted molar refractivity (Wildman–Crippen MR) is 90.6 cm³/mol. The fourth-order valence-corrected chi connectivity index (χ4v) is 2.05. The number of methoxy groups -OCH3 is 1. The van der Waals surface area contributed by atoms with E-state index in [1.807, 2.05) is 51.1 Å². The van der Waals surface area contributed by atoms with Crippen LogP contribution in [0.1, 0.15) is 19.4 Å². The molecule has 124 valence electrons. The van der Waals surface area contributed by atoms with Crippen molar-refractivity contribution in [3.05, 3.63) is 53.1 Å². The molecule has 0 aromatic heterocycles. The molecule has 0 unspecified atom stereocenters. The lowest BCUT2D eigenvalue weighted by molar-refractivity contribution is -0.132. The Kier molecular flexibility index (Phi) is 7.60. The number of carbonyl (C=O) groups excluding carboxylic acids is 1. The van der Waals surface area contributed by atoms with E-state index in [1.54, 1.807) is 6.08 Å². The molecular weight excluding hydrogens is 294 g/mol. The topological polar surface area (TPSA) is 57.1 Å². The maximum absolute atomic E-state index is 11.9. The van der Waals surface area contributed by atoms with Crippen LogP contribution in [-0.4, -0.2) is 32.5 Å². The van der Waals surface area contributed by atoms with Gasteiger partial charge in [-0.05, 0) is 38.0 Å². The number of hydrogen-bond acceptors (Lipinski definition) is 5. The Labute approximate surface area is 137 Å². The molecule has 0 fully saturated rings. The first-order valence-corrected chi connectivity index (χ1v) is 7.29. The van der Waals surface area contributed by atoms with Crippen molar-refractivity contribution in [1.29, 1.82) is 0 Å². The van der Waals surface area contributed by atoms with Gasteiger partial charge in [-0.2, -0.15) is 0 Å². The lowest BCUT2D eigenvalue weighted by Gasteiger charge is -2.14. The molecule has 0 heterocycles. The van der Waals surface area contributed by atoms with Gasteiger partial charge in [0.05, 0.1) is 7.11 Å². The van der Waals surface area contributed by atoms with Crippen molar-refractivity contribution < 1.29 is 19.1 Å². The third-order valence-electron chi connectivity index (χ3n) is 3.28. The summed E-state index contributed by atoms with van der Waals surface area (Å²) in [5, 5.41) is 3.78. The van der Waals surface area contributed by atoms with E-state index in [9.17, 15) is 4.79 Å². The summed E-state index contributed by atoms with van der Waals surface area (Å²) in [6, 6.07) is 7.76. The van der Waals surface area contributed by atoms with Crippen LogP contribution in [0.5, 0.6) is 5.75 Å². The Bertz CT molecular complexity index is 630. The molecule has 0 saturated carbocycles. The Morgan fingerprint density at radius 1 is 1.17 bits per heavy atom. The standard InChI is InChI=1S/C18H23NO4/c1-6-14(12-23-16-11-9-8-10-13(16)3)15(7-2)17(19-22-5)18(20)21-4/h6-11H,12H2,1-5H3/b14-6-,15-7+,19-17-. The molecule has 0 aliphatic rings. The van der Waals surface area contributed by atoms with Crippen molar-refractivity contribution in [1.82, 2.24) is 0 Å². The molecule has 0 spiro atoms. The number of nitrogens with zero attached hydrogens (tertiary/aromatic N) is 1. The first kappa shape index (κ1) is 18.5. The number of carbonyl (C=O) groups is 1. The highest BCUT2D eigenvalue weighted by Gasteiger charge is 2.21. The molecule has 5 nitrogen and oxygen atoms in total. The Morgan fingerprint density at radius 2 is 1.87 bits per heavy atom. The zero-order valence-corrected chi connectivity index (χ0v) is 14.3. The van der Waals surface area contributed by atoms with Gasteiger partial charge in [0.2, 0.25) is 0 Å². The molecule has 0 radical (unpaired) electrons. The number of aryl methyl sites for hydroxylation is 1. The number of para-hydroxylation sites is 1. The van der Waals surface area contributed by atoms with Gasteiger partial charge in [-0.1, -0.05) is 35.5 Å². The fraction of sp³-hybridized carbons (Fsp3) is 0.333. The van der Waals surface area contributed by atoms with Gasteiger partial charge in [0.1, 0.15) is 19.5 Å². The number of rotatable bonds is 7. The molecule has 0 aliphatic heterocycles. The average Bonchev–Trinajstić information content (AvgIpc) is 2.57. The van der Waals surface area contributed by atoms with Crippen molar-refractivity contribution in [2.24, 2.45) is 5.16 Å². The summed E-state index contributed by atoms with van der Waals surface area (Å²) in [4.78, 5) is 16.7. The highest BCUT2D eigenvalue weighted by atomic mass is 16.6. The summed E-state index contributed by atoms with van der Waals surface area (Å²) in [6.45, 7) is 5.98. The van der Waals surface area contributed by atoms with E-state index in [-0.39, 0.29) is 5.71 Å². The zero-order chi connectivity index (χ0) is 17.2. The van der Waals surface area contributed by atoms with E-state index < -0.39 is 5.97 Å². The highest BCUT2D eigenvalue weighted by Crippen LogP contribution is 2.20. The monoisotopic (exact) mass is 317 g/mol. The number of esters is 1. The van der Waals surface area contributed by atoms with Gasteiger partial charge in [-0.15, -0.1) is 0 Å². The van der Waals surface area contributed by atoms with Gasteiger partial charge >= 0.3 is 5.97 Å². The molecule has 1 aromatic rings. The molecule has 23 heavy (non-hydrogen) atoms. The normalized spacial score (nSPS) is 12.8. The summed E-state index contributed by atoms with van der Waals surface area (Å²) in [7, 11) is 2.69. The summed E-state index contributed by atoms with van der Waals surface area (Å²) in [5.74, 6) is 0.237. The van der Waals surface area contributed by atoms with Crippen LogP contribution in [0.15, 0.2) is 52.7 Å². The summed E-state index contributed by atoms with van der Waals surface area (Å²) in [5.41, 5.74) is 2.59. The maximum Gasteiger partial charge on any atom is 0.360 e. The van der Waals surface area contributed by atoms with Crippen molar-refractivity contribution in [3.63, 3.8) is 0 Å². The molecule has 1 aromatic carbocycles. The number of ether oxygens (including phenoxy) is 2. The maximum atomic E-state index is 11.9. The molecule has 0 atom stereocenters. The summed E-state index contributed by atoms with van der Waals surface area (Å²) in [6.07, 6.45) is 3.66. The first-order valence-electron chi connectivity index (χ1n) is 7.29. The third-order valence-corrected chi connectivity index (χ3v) is 3.28. The Balaban J connectivity index is 3.00. The minimum atomic E-state index is -0.560. The van der Waals surface area contributed by atoms with Crippen LogP contribution in [0.25, 0.3) is 0 Å². The number of benzene rings is 1. The van der Waals surface area contributed by atoms with Crippen molar-refractivity contribution in [2.45, 2.75) is 20.8 Å². The summed E-state index contributed by atoms with van der Waals surface area (Å²) < 4.78 is 10.6. The molecule has 0 saturated heterocycles. The van der Waals surface area contributed by atoms with Crippen LogP contribution in [0, 0.1) is 6.92 Å².